The standard InChI is InChI=1S/C18H27N7O/c1-2-25-17(21-13-22-25)11-23-7-6-16-14(10-23)3-4-18(26)24(16)8-5-15-9-19-12-20-15/h9,12-14,16H,2-8,10-11H2,1H3,(H,19,20)/t14-,16+/m0/s1. The van der Waals surface area contributed by atoms with Gasteiger partial charge in [-0.3, -0.25) is 9.69 Å². The zero-order valence-corrected chi connectivity index (χ0v) is 15.3. The average molecular weight is 357 g/mol. The van der Waals surface area contributed by atoms with Crippen LogP contribution in [0.25, 0.3) is 0 Å². The highest BCUT2D eigenvalue weighted by Gasteiger charge is 2.39. The summed E-state index contributed by atoms with van der Waals surface area (Å²) in [5.41, 5.74) is 1.09. The van der Waals surface area contributed by atoms with Crippen molar-refractivity contribution >= 4 is 5.91 Å². The molecule has 2 aliphatic heterocycles. The highest BCUT2D eigenvalue weighted by Crippen LogP contribution is 2.31. The Bertz CT molecular complexity index is 726. The quantitative estimate of drug-likeness (QED) is 0.836. The third-order valence-corrected chi connectivity index (χ3v) is 5.76. The summed E-state index contributed by atoms with van der Waals surface area (Å²) in [6.45, 7) is 6.62. The molecule has 0 spiro atoms. The molecule has 0 aliphatic carbocycles. The molecule has 26 heavy (non-hydrogen) atoms. The second-order valence-corrected chi connectivity index (χ2v) is 7.30. The van der Waals surface area contributed by atoms with Crippen LogP contribution in [0.3, 0.4) is 0 Å². The van der Waals surface area contributed by atoms with E-state index in [4.69, 9.17) is 0 Å². The number of piperidine rings is 2. The number of fused-ring (bicyclic) bond motifs is 1. The molecule has 0 radical (unpaired) electrons. The number of nitrogens with one attached hydrogen (secondary N) is 1. The summed E-state index contributed by atoms with van der Waals surface area (Å²) in [6, 6.07) is 0.375. The van der Waals surface area contributed by atoms with Gasteiger partial charge in [0.1, 0.15) is 12.2 Å². The number of H-pyrrole nitrogens is 1. The highest BCUT2D eigenvalue weighted by atomic mass is 16.2. The minimum Gasteiger partial charge on any atom is -0.348 e. The molecule has 2 atom stereocenters. The first-order valence-electron chi connectivity index (χ1n) is 9.60. The van der Waals surface area contributed by atoms with Gasteiger partial charge in [-0.15, -0.1) is 0 Å². The zero-order chi connectivity index (χ0) is 17.9. The van der Waals surface area contributed by atoms with Gasteiger partial charge < -0.3 is 9.88 Å². The van der Waals surface area contributed by atoms with Crippen molar-refractivity contribution in [1.29, 1.82) is 0 Å². The molecule has 4 rings (SSSR count). The van der Waals surface area contributed by atoms with Crippen molar-refractivity contribution < 1.29 is 4.79 Å². The van der Waals surface area contributed by atoms with Gasteiger partial charge in [0, 0.05) is 57.0 Å². The minimum absolute atomic E-state index is 0.310. The fourth-order valence-electron chi connectivity index (χ4n) is 4.40. The molecule has 0 aromatic carbocycles. The van der Waals surface area contributed by atoms with Crippen LogP contribution < -0.4 is 0 Å². The first-order valence-corrected chi connectivity index (χ1v) is 9.60. The van der Waals surface area contributed by atoms with Crippen LogP contribution in [-0.4, -0.2) is 66.1 Å². The van der Waals surface area contributed by atoms with Crippen LogP contribution in [0.4, 0.5) is 0 Å². The fourth-order valence-corrected chi connectivity index (χ4v) is 4.40. The molecule has 1 N–H and O–H groups in total. The largest absolute Gasteiger partial charge is 0.348 e. The van der Waals surface area contributed by atoms with Crippen molar-refractivity contribution in [3.8, 4) is 0 Å². The van der Waals surface area contributed by atoms with E-state index in [-0.39, 0.29) is 0 Å². The number of aromatic amines is 1. The smallest absolute Gasteiger partial charge is 0.222 e. The average Bonchev–Trinajstić information content (AvgIpc) is 3.32. The van der Waals surface area contributed by atoms with E-state index in [0.717, 1.165) is 63.5 Å². The molecule has 1 amide bonds. The summed E-state index contributed by atoms with van der Waals surface area (Å²) < 4.78 is 1.97. The Kier molecular flexibility index (Phi) is 5.01. The van der Waals surface area contributed by atoms with Crippen molar-refractivity contribution in [2.45, 2.75) is 51.7 Å². The van der Waals surface area contributed by atoms with Gasteiger partial charge in [-0.05, 0) is 25.7 Å². The second-order valence-electron chi connectivity index (χ2n) is 7.30. The van der Waals surface area contributed by atoms with Gasteiger partial charge in [-0.25, -0.2) is 14.6 Å². The number of rotatable bonds is 6. The Morgan fingerprint density at radius 3 is 3.08 bits per heavy atom. The van der Waals surface area contributed by atoms with Crippen molar-refractivity contribution in [3.63, 3.8) is 0 Å². The number of amides is 1. The third-order valence-electron chi connectivity index (χ3n) is 5.76. The maximum Gasteiger partial charge on any atom is 0.222 e. The number of carbonyl (C=O) groups excluding carboxylic acids is 1. The van der Waals surface area contributed by atoms with Gasteiger partial charge in [0.25, 0.3) is 0 Å². The molecular formula is C18H27N7O. The first kappa shape index (κ1) is 17.2. The lowest BCUT2D eigenvalue weighted by Gasteiger charge is -2.47. The monoisotopic (exact) mass is 357 g/mol. The lowest BCUT2D eigenvalue weighted by atomic mass is 9.83. The van der Waals surface area contributed by atoms with Crippen LogP contribution in [0.1, 0.15) is 37.7 Å². The SMILES string of the molecule is CCn1ncnc1CN1CC[C@@H]2[C@@H](CCC(=O)N2CCc2cnc[nH]2)C1. The maximum absolute atomic E-state index is 12.5. The van der Waals surface area contributed by atoms with E-state index in [1.807, 2.05) is 10.9 Å². The number of likely N-dealkylation sites (tertiary alicyclic amines) is 2. The van der Waals surface area contributed by atoms with Gasteiger partial charge in [0.2, 0.25) is 5.91 Å². The topological polar surface area (TPSA) is 82.9 Å². The normalized spacial score (nSPS) is 24.0. The van der Waals surface area contributed by atoms with Gasteiger partial charge in [0.05, 0.1) is 12.9 Å². The van der Waals surface area contributed by atoms with Crippen LogP contribution in [0.15, 0.2) is 18.9 Å². The Morgan fingerprint density at radius 1 is 1.35 bits per heavy atom. The highest BCUT2D eigenvalue weighted by molar-refractivity contribution is 5.77. The van der Waals surface area contributed by atoms with E-state index >= 15 is 0 Å². The van der Waals surface area contributed by atoms with Crippen LogP contribution >= 0.6 is 0 Å². The predicted molar refractivity (Wildman–Crippen MR) is 96.1 cm³/mol. The van der Waals surface area contributed by atoms with Crippen LogP contribution in [0, 0.1) is 5.92 Å². The molecule has 2 aromatic rings. The molecule has 8 nitrogen and oxygen atoms in total. The molecule has 0 saturated carbocycles. The molecule has 2 aromatic heterocycles. The van der Waals surface area contributed by atoms with Gasteiger partial charge in [-0.2, -0.15) is 5.10 Å². The predicted octanol–water partition coefficient (Wildman–Crippen LogP) is 1.08. The molecule has 2 fully saturated rings. The number of carbonyl (C=O) groups is 1. The molecule has 2 saturated heterocycles. The Labute approximate surface area is 153 Å². The van der Waals surface area contributed by atoms with E-state index in [1.54, 1.807) is 12.7 Å². The Hall–Kier alpha value is -2.22. The van der Waals surface area contributed by atoms with Crippen LogP contribution in [0.5, 0.6) is 0 Å². The first-order chi connectivity index (χ1) is 12.7. The Morgan fingerprint density at radius 2 is 2.27 bits per heavy atom. The number of aryl methyl sites for hydroxylation is 1. The van der Waals surface area contributed by atoms with Gasteiger partial charge >= 0.3 is 0 Å². The van der Waals surface area contributed by atoms with Crippen molar-refractivity contribution in [2.75, 3.05) is 19.6 Å². The molecule has 4 heterocycles. The minimum atomic E-state index is 0.310. The van der Waals surface area contributed by atoms with Crippen LogP contribution in [-0.2, 0) is 24.3 Å². The summed E-state index contributed by atoms with van der Waals surface area (Å²) in [7, 11) is 0. The van der Waals surface area contributed by atoms with Crippen molar-refractivity contribution in [3.05, 3.63) is 30.4 Å². The molecule has 8 heteroatoms. The number of nitrogens with zero attached hydrogens (tertiary/aromatic N) is 6. The summed E-state index contributed by atoms with van der Waals surface area (Å²) in [4.78, 5) is 28.7. The molecule has 0 bridgehead atoms. The summed E-state index contributed by atoms with van der Waals surface area (Å²) in [5.74, 6) is 1.90. The molecule has 140 valence electrons. The van der Waals surface area contributed by atoms with E-state index in [0.29, 0.717) is 24.3 Å². The summed E-state index contributed by atoms with van der Waals surface area (Å²) in [6.07, 6.45) is 8.74. The van der Waals surface area contributed by atoms with E-state index in [9.17, 15) is 4.79 Å². The lowest BCUT2D eigenvalue weighted by Crippen LogP contribution is -2.56. The summed E-state index contributed by atoms with van der Waals surface area (Å²) in [5, 5.41) is 4.27. The second kappa shape index (κ2) is 7.57. The molecule has 2 aliphatic rings. The zero-order valence-electron chi connectivity index (χ0n) is 15.3. The Balaban J connectivity index is 1.38. The summed E-state index contributed by atoms with van der Waals surface area (Å²) >= 11 is 0. The fraction of sp³-hybridized carbons (Fsp3) is 0.667. The number of hydrogen-bond donors (Lipinski definition) is 1. The van der Waals surface area contributed by atoms with Crippen molar-refractivity contribution in [2.24, 2.45) is 5.92 Å². The third kappa shape index (κ3) is 3.51. The van der Waals surface area contributed by atoms with Gasteiger partial charge in [0.15, 0.2) is 0 Å². The maximum atomic E-state index is 12.5. The van der Waals surface area contributed by atoms with Crippen molar-refractivity contribution in [1.82, 2.24) is 34.5 Å². The molecule has 0 unspecified atom stereocenters. The lowest BCUT2D eigenvalue weighted by molar-refractivity contribution is -0.141. The van der Waals surface area contributed by atoms with E-state index < -0.39 is 0 Å². The number of imidazole rings is 1. The van der Waals surface area contributed by atoms with E-state index in [2.05, 4.69) is 36.8 Å². The van der Waals surface area contributed by atoms with Crippen LogP contribution in [0.2, 0.25) is 0 Å². The molecular weight excluding hydrogens is 330 g/mol. The van der Waals surface area contributed by atoms with E-state index in [1.165, 1.54) is 0 Å². The van der Waals surface area contributed by atoms with Gasteiger partial charge in [-0.1, -0.05) is 0 Å². The number of hydrogen-bond acceptors (Lipinski definition) is 5. The number of aromatic nitrogens is 5.